The van der Waals surface area contributed by atoms with Crippen LogP contribution >= 0.6 is 0 Å². The van der Waals surface area contributed by atoms with E-state index in [1.807, 2.05) is 5.32 Å². The van der Waals surface area contributed by atoms with Crippen LogP contribution in [-0.2, 0) is 11.3 Å². The Hall–Kier alpha value is -2.49. The molecule has 1 rings (SSSR count). The Morgan fingerprint density at radius 2 is 2.11 bits per heavy atom. The second-order valence-corrected chi connectivity index (χ2v) is 3.37. The van der Waals surface area contributed by atoms with Crippen LogP contribution < -0.4 is 16.8 Å². The van der Waals surface area contributed by atoms with Crippen LogP contribution in [0.3, 0.4) is 0 Å². The molecule has 10 heteroatoms. The summed E-state index contributed by atoms with van der Waals surface area (Å²) in [6.45, 7) is 1.24. The van der Waals surface area contributed by atoms with Crippen molar-refractivity contribution < 1.29 is 19.5 Å². The van der Waals surface area contributed by atoms with Gasteiger partial charge in [-0.3, -0.25) is 10.1 Å². The Bertz CT molecular complexity index is 496. The number of carboxylic acid groups (broad SMARTS) is 1. The van der Waals surface area contributed by atoms with Gasteiger partial charge < -0.3 is 16.6 Å². The molecule has 0 aliphatic rings. The number of carbonyl (C=O) groups excluding carboxylic acids is 2. The van der Waals surface area contributed by atoms with Gasteiger partial charge in [-0.2, -0.15) is 0 Å². The molecule has 0 aromatic carbocycles. The second-order valence-electron chi connectivity index (χ2n) is 3.37. The number of nitrogens with one attached hydrogen (secondary N) is 1. The van der Waals surface area contributed by atoms with Crippen LogP contribution in [0, 0.1) is 0 Å². The lowest BCUT2D eigenvalue weighted by molar-refractivity contribution is -0.123. The first-order chi connectivity index (χ1) is 8.38. The van der Waals surface area contributed by atoms with Crippen LogP contribution in [0.1, 0.15) is 29.1 Å². The molecule has 6 N–H and O–H groups in total. The number of carboxylic acids is 1. The van der Waals surface area contributed by atoms with Crippen molar-refractivity contribution in [3.05, 3.63) is 11.4 Å². The molecule has 1 atom stereocenters. The first-order valence-electron chi connectivity index (χ1n) is 4.86. The van der Waals surface area contributed by atoms with Gasteiger partial charge in [-0.15, -0.1) is 5.10 Å². The van der Waals surface area contributed by atoms with Crippen LogP contribution in [0.2, 0.25) is 0 Å². The predicted octanol–water partition coefficient (Wildman–Crippen LogP) is -1.81. The summed E-state index contributed by atoms with van der Waals surface area (Å²) < 4.78 is 1.03. The minimum atomic E-state index is -1.30. The van der Waals surface area contributed by atoms with Crippen LogP contribution in [-0.4, -0.2) is 38.0 Å². The van der Waals surface area contributed by atoms with Gasteiger partial charge in [0, 0.05) is 6.54 Å². The Balaban J connectivity index is 3.06. The minimum absolute atomic E-state index is 0.0784. The quantitative estimate of drug-likeness (QED) is 0.492. The molecular weight excluding hydrogens is 244 g/mol. The number of hydrogen-bond donors (Lipinski definition) is 4. The Kier molecular flexibility index (Phi) is 3.94. The van der Waals surface area contributed by atoms with Crippen molar-refractivity contribution >= 4 is 17.9 Å². The zero-order valence-corrected chi connectivity index (χ0v) is 9.45. The standard InChI is InChI=1S/C8H12N6O4/c1-3(6(15)11-8(10)18)14-4(2-9)5(7(16)17)12-13-14/h3H,2,9H2,1H3,(H,16,17)(H3,10,11,15,18). The fourth-order valence-corrected chi connectivity index (χ4v) is 1.32. The highest BCUT2D eigenvalue weighted by Gasteiger charge is 2.25. The number of nitrogens with two attached hydrogens (primary N) is 2. The first-order valence-corrected chi connectivity index (χ1v) is 4.86. The molecule has 0 aliphatic carbocycles. The number of imide groups is 1. The number of amides is 3. The highest BCUT2D eigenvalue weighted by molar-refractivity contribution is 5.95. The molecular formula is C8H12N6O4. The predicted molar refractivity (Wildman–Crippen MR) is 57.3 cm³/mol. The number of rotatable bonds is 4. The maximum absolute atomic E-state index is 11.5. The van der Waals surface area contributed by atoms with Crippen molar-refractivity contribution in [2.75, 3.05) is 0 Å². The largest absolute Gasteiger partial charge is 0.476 e. The van der Waals surface area contributed by atoms with Crippen molar-refractivity contribution in [2.45, 2.75) is 19.5 Å². The van der Waals surface area contributed by atoms with E-state index in [2.05, 4.69) is 10.3 Å². The van der Waals surface area contributed by atoms with Gasteiger partial charge in [-0.1, -0.05) is 5.21 Å². The normalized spacial score (nSPS) is 11.9. The average molecular weight is 256 g/mol. The van der Waals surface area contributed by atoms with Crippen molar-refractivity contribution in [1.82, 2.24) is 20.3 Å². The molecule has 0 saturated carbocycles. The van der Waals surface area contributed by atoms with Crippen LogP contribution in [0.25, 0.3) is 0 Å². The van der Waals surface area contributed by atoms with E-state index in [0.717, 1.165) is 4.68 Å². The highest BCUT2D eigenvalue weighted by atomic mass is 16.4. The molecule has 0 fully saturated rings. The molecule has 1 aromatic rings. The topological polar surface area (TPSA) is 166 Å². The number of aromatic carboxylic acids is 1. The summed E-state index contributed by atoms with van der Waals surface area (Å²) in [7, 11) is 0. The van der Waals surface area contributed by atoms with Gasteiger partial charge in [-0.25, -0.2) is 14.3 Å². The van der Waals surface area contributed by atoms with E-state index in [4.69, 9.17) is 16.6 Å². The highest BCUT2D eigenvalue weighted by Crippen LogP contribution is 2.11. The molecule has 0 radical (unpaired) electrons. The molecule has 18 heavy (non-hydrogen) atoms. The van der Waals surface area contributed by atoms with Crippen molar-refractivity contribution in [3.63, 3.8) is 0 Å². The molecule has 0 spiro atoms. The summed E-state index contributed by atoms with van der Waals surface area (Å²) in [6, 6.07) is -1.98. The monoisotopic (exact) mass is 256 g/mol. The Morgan fingerprint density at radius 1 is 1.50 bits per heavy atom. The number of aromatic nitrogens is 3. The van der Waals surface area contributed by atoms with Gasteiger partial charge in [0.25, 0.3) is 5.91 Å². The molecule has 0 bridgehead atoms. The number of nitrogens with zero attached hydrogens (tertiary/aromatic N) is 3. The first kappa shape index (κ1) is 13.6. The molecule has 1 unspecified atom stereocenters. The van der Waals surface area contributed by atoms with Gasteiger partial charge in [0.2, 0.25) is 0 Å². The van der Waals surface area contributed by atoms with Crippen LogP contribution in [0.15, 0.2) is 0 Å². The van der Waals surface area contributed by atoms with Gasteiger partial charge >= 0.3 is 12.0 Å². The lowest BCUT2D eigenvalue weighted by atomic mass is 10.2. The molecule has 0 saturated heterocycles. The maximum atomic E-state index is 11.5. The third-order valence-corrected chi connectivity index (χ3v) is 2.18. The third-order valence-electron chi connectivity index (χ3n) is 2.18. The Labute approximate surface area is 101 Å². The van der Waals surface area contributed by atoms with Crippen LogP contribution in [0.5, 0.6) is 0 Å². The third kappa shape index (κ3) is 2.60. The average Bonchev–Trinajstić information content (AvgIpc) is 2.70. The molecule has 1 heterocycles. The zero-order valence-electron chi connectivity index (χ0n) is 9.45. The summed E-state index contributed by atoms with van der Waals surface area (Å²) in [4.78, 5) is 32.9. The zero-order chi connectivity index (χ0) is 13.9. The SMILES string of the molecule is CC(C(=O)NC(N)=O)n1nnc(C(=O)O)c1CN. The van der Waals surface area contributed by atoms with E-state index >= 15 is 0 Å². The summed E-state index contributed by atoms with van der Waals surface area (Å²) in [5, 5.41) is 17.6. The number of hydrogen-bond acceptors (Lipinski definition) is 6. The number of urea groups is 1. The van der Waals surface area contributed by atoms with Gasteiger partial charge in [0.15, 0.2) is 5.69 Å². The smallest absolute Gasteiger partial charge is 0.358 e. The Morgan fingerprint density at radius 3 is 2.56 bits per heavy atom. The summed E-state index contributed by atoms with van der Waals surface area (Å²) in [6.07, 6.45) is 0. The van der Waals surface area contributed by atoms with Crippen molar-refractivity contribution in [1.29, 1.82) is 0 Å². The van der Waals surface area contributed by atoms with E-state index in [1.165, 1.54) is 6.92 Å². The van der Waals surface area contributed by atoms with E-state index in [0.29, 0.717) is 0 Å². The van der Waals surface area contributed by atoms with Crippen molar-refractivity contribution in [2.24, 2.45) is 11.5 Å². The van der Waals surface area contributed by atoms with Crippen molar-refractivity contribution in [3.8, 4) is 0 Å². The number of carbonyl (C=O) groups is 3. The lowest BCUT2D eigenvalue weighted by Gasteiger charge is -2.12. The van der Waals surface area contributed by atoms with E-state index in [1.54, 1.807) is 0 Å². The fourth-order valence-electron chi connectivity index (χ4n) is 1.32. The van der Waals surface area contributed by atoms with E-state index < -0.39 is 23.9 Å². The number of primary amides is 1. The van der Waals surface area contributed by atoms with Gasteiger partial charge in [-0.05, 0) is 6.92 Å². The molecule has 3 amide bonds. The summed E-state index contributed by atoms with van der Waals surface area (Å²) >= 11 is 0. The molecule has 1 aromatic heterocycles. The molecule has 10 nitrogen and oxygen atoms in total. The fraction of sp³-hybridized carbons (Fsp3) is 0.375. The molecule has 98 valence electrons. The maximum Gasteiger partial charge on any atom is 0.358 e. The summed E-state index contributed by atoms with van der Waals surface area (Å²) in [5.74, 6) is -2.04. The molecule has 0 aliphatic heterocycles. The lowest BCUT2D eigenvalue weighted by Crippen LogP contribution is -2.39. The minimum Gasteiger partial charge on any atom is -0.476 e. The van der Waals surface area contributed by atoms with E-state index in [-0.39, 0.29) is 17.9 Å². The summed E-state index contributed by atoms with van der Waals surface area (Å²) in [5.41, 5.74) is 9.93. The second kappa shape index (κ2) is 5.23. The van der Waals surface area contributed by atoms with Gasteiger partial charge in [0.05, 0.1) is 5.69 Å². The van der Waals surface area contributed by atoms with Gasteiger partial charge in [0.1, 0.15) is 6.04 Å². The van der Waals surface area contributed by atoms with E-state index in [9.17, 15) is 14.4 Å². The van der Waals surface area contributed by atoms with Crippen LogP contribution in [0.4, 0.5) is 4.79 Å².